The van der Waals surface area contributed by atoms with E-state index in [1.807, 2.05) is 55.4 Å². The average molecular weight is 654 g/mol. The Morgan fingerprint density at radius 1 is 0.977 bits per heavy atom. The largest absolute Gasteiger partial charge is 0.454 e. The molecule has 0 bridgehead atoms. The molecular weight excluding hydrogens is 613 g/mol. The van der Waals surface area contributed by atoms with Gasteiger partial charge in [-0.25, -0.2) is 4.79 Å². The van der Waals surface area contributed by atoms with Crippen LogP contribution in [0.5, 0.6) is 11.5 Å². The molecular formula is C29H41F2N3O8Si2. The summed E-state index contributed by atoms with van der Waals surface area (Å²) in [6.45, 7) is 15.8. The normalized spacial score (nSPS) is 25.3. The molecule has 1 aromatic carbocycles. The third-order valence-electron chi connectivity index (χ3n) is 8.63. The van der Waals surface area contributed by atoms with Crippen molar-refractivity contribution < 1.29 is 40.8 Å². The minimum Gasteiger partial charge on any atom is -0.454 e. The van der Waals surface area contributed by atoms with Crippen LogP contribution in [-0.2, 0) is 17.7 Å². The summed E-state index contributed by atoms with van der Waals surface area (Å²) in [6, 6.07) is 5.89. The number of fused-ring (bicyclic) bond motifs is 2. The number of alkyl halides is 2. The standard InChI is InChI=1S/C29H41F2N3O8Si2/c1-16(2)43(17(3)4)39-14-23-25(41-44(42-43,18(5)6)19(7)8)29(30,31)27(40-23)34-12-11-24(33-28(34)36)32-26(35)20-9-10-21-22(13-20)38-15-37-21/h9-13,16-19,23,25,27H,14-15H2,1-8H3,(H,32,33,35,36)/t23-,25-,27-/m1/s1. The Morgan fingerprint density at radius 3 is 2.23 bits per heavy atom. The second kappa shape index (κ2) is 11.9. The Morgan fingerprint density at radius 2 is 1.61 bits per heavy atom. The first-order chi connectivity index (χ1) is 20.6. The van der Waals surface area contributed by atoms with Crippen LogP contribution < -0.4 is 20.5 Å². The average Bonchev–Trinajstić information content (AvgIpc) is 3.49. The van der Waals surface area contributed by atoms with Crippen LogP contribution in [0.15, 0.2) is 35.3 Å². The van der Waals surface area contributed by atoms with Gasteiger partial charge in [-0.05, 0) is 46.4 Å². The van der Waals surface area contributed by atoms with Gasteiger partial charge in [-0.1, -0.05) is 55.4 Å². The Balaban J connectivity index is 1.44. The van der Waals surface area contributed by atoms with Crippen molar-refractivity contribution in [1.29, 1.82) is 0 Å². The van der Waals surface area contributed by atoms with E-state index in [-0.39, 0.29) is 46.9 Å². The van der Waals surface area contributed by atoms with Crippen molar-refractivity contribution in [2.45, 2.75) is 102 Å². The van der Waals surface area contributed by atoms with Gasteiger partial charge in [0.05, 0.1) is 6.61 Å². The van der Waals surface area contributed by atoms with Gasteiger partial charge in [0.1, 0.15) is 18.0 Å². The molecule has 2 aromatic rings. The minimum absolute atomic E-state index is 0.0250. The van der Waals surface area contributed by atoms with Crippen LogP contribution in [-0.4, -0.2) is 64.1 Å². The molecule has 11 nitrogen and oxygen atoms in total. The lowest BCUT2D eigenvalue weighted by atomic mass is 10.1. The molecule has 1 aromatic heterocycles. The summed E-state index contributed by atoms with van der Waals surface area (Å²) >= 11 is 0. The van der Waals surface area contributed by atoms with E-state index in [9.17, 15) is 9.59 Å². The quantitative estimate of drug-likeness (QED) is 0.375. The molecule has 5 rings (SSSR count). The minimum atomic E-state index is -3.63. The van der Waals surface area contributed by atoms with E-state index >= 15 is 8.78 Å². The van der Waals surface area contributed by atoms with Crippen molar-refractivity contribution in [3.63, 3.8) is 0 Å². The van der Waals surface area contributed by atoms with E-state index in [4.69, 9.17) is 27.2 Å². The van der Waals surface area contributed by atoms with E-state index in [0.29, 0.717) is 11.5 Å². The molecule has 2 saturated heterocycles. The van der Waals surface area contributed by atoms with Gasteiger partial charge in [-0.15, -0.1) is 0 Å². The monoisotopic (exact) mass is 653 g/mol. The Kier molecular flexibility index (Phi) is 8.85. The number of anilines is 1. The second-order valence-corrected chi connectivity index (χ2v) is 21.6. The summed E-state index contributed by atoms with van der Waals surface area (Å²) in [6.07, 6.45) is -3.72. The van der Waals surface area contributed by atoms with Gasteiger partial charge in [-0.2, -0.15) is 13.8 Å². The van der Waals surface area contributed by atoms with Crippen LogP contribution in [0, 0.1) is 0 Å². The van der Waals surface area contributed by atoms with Crippen molar-refractivity contribution >= 4 is 28.8 Å². The summed E-state index contributed by atoms with van der Waals surface area (Å²) in [5, 5.41) is 2.52. The molecule has 3 aliphatic rings. The van der Waals surface area contributed by atoms with E-state index in [2.05, 4.69) is 10.3 Å². The van der Waals surface area contributed by atoms with Crippen LogP contribution in [0.25, 0.3) is 0 Å². The van der Waals surface area contributed by atoms with Crippen molar-refractivity contribution in [3.05, 3.63) is 46.5 Å². The fourth-order valence-electron chi connectivity index (χ4n) is 6.26. The third-order valence-corrected chi connectivity index (χ3v) is 18.9. The topological polar surface area (TPSA) is 119 Å². The second-order valence-electron chi connectivity index (χ2n) is 12.7. The molecule has 0 unspecified atom stereocenters. The molecule has 1 amide bonds. The zero-order valence-corrected chi connectivity index (χ0v) is 28.3. The number of hydrogen-bond acceptors (Lipinski definition) is 9. The molecule has 0 aliphatic carbocycles. The zero-order chi connectivity index (χ0) is 32.2. The highest BCUT2D eigenvalue weighted by molar-refractivity contribution is 6.84. The number of rotatable bonds is 7. The maximum Gasteiger partial charge on any atom is 0.351 e. The summed E-state index contributed by atoms with van der Waals surface area (Å²) in [4.78, 5) is 29.8. The van der Waals surface area contributed by atoms with Gasteiger partial charge in [0.2, 0.25) is 13.0 Å². The number of aromatic nitrogens is 2. The lowest BCUT2D eigenvalue weighted by molar-refractivity contribution is -0.140. The molecule has 0 radical (unpaired) electrons. The summed E-state index contributed by atoms with van der Waals surface area (Å²) in [7, 11) is -6.34. The van der Waals surface area contributed by atoms with Gasteiger partial charge in [0, 0.05) is 11.8 Å². The predicted octanol–water partition coefficient (Wildman–Crippen LogP) is 5.71. The lowest BCUT2D eigenvalue weighted by Crippen LogP contribution is -2.66. The van der Waals surface area contributed by atoms with Gasteiger partial charge in [-0.3, -0.25) is 9.36 Å². The molecule has 2 fully saturated rings. The molecule has 242 valence electrons. The first kappa shape index (κ1) is 32.7. The fourth-order valence-corrected chi connectivity index (χ4v) is 17.5. The SMILES string of the molecule is CC(C)[Si]1(C(C)C)OC[C@H]2O[C@@H](n3ccc(NC(=O)c4ccc5c(c4)OCO5)nc3=O)C(F)(F)[C@@H]2O[Si](C(C)C)(C(C)C)O1. The molecule has 44 heavy (non-hydrogen) atoms. The highest BCUT2D eigenvalue weighted by Gasteiger charge is 2.67. The molecule has 1 N–H and O–H groups in total. The first-order valence-corrected chi connectivity index (χ1v) is 18.9. The number of nitrogens with one attached hydrogen (secondary N) is 1. The van der Waals surface area contributed by atoms with E-state index < -0.39 is 53.1 Å². The van der Waals surface area contributed by atoms with E-state index in [1.165, 1.54) is 18.2 Å². The lowest BCUT2D eigenvalue weighted by Gasteiger charge is -2.51. The maximum absolute atomic E-state index is 16.3. The van der Waals surface area contributed by atoms with Crippen molar-refractivity contribution in [2.75, 3.05) is 18.7 Å². The van der Waals surface area contributed by atoms with E-state index in [0.717, 1.165) is 10.8 Å². The van der Waals surface area contributed by atoms with Crippen LogP contribution in [0.2, 0.25) is 22.2 Å². The van der Waals surface area contributed by atoms with Gasteiger partial charge in [0.25, 0.3) is 5.91 Å². The Hall–Kier alpha value is -2.70. The number of amides is 1. The predicted molar refractivity (Wildman–Crippen MR) is 162 cm³/mol. The van der Waals surface area contributed by atoms with Crippen LogP contribution in [0.4, 0.5) is 14.6 Å². The number of carbonyl (C=O) groups excluding carboxylic acids is 1. The molecule has 0 spiro atoms. The Bertz CT molecular complexity index is 1440. The number of benzene rings is 1. The molecule has 3 aliphatic heterocycles. The number of nitrogens with zero attached hydrogens (tertiary/aromatic N) is 2. The van der Waals surface area contributed by atoms with Crippen LogP contribution in [0.1, 0.15) is 72.0 Å². The summed E-state index contributed by atoms with van der Waals surface area (Å²) in [5.74, 6) is -3.37. The number of hydrogen-bond donors (Lipinski definition) is 1. The zero-order valence-electron chi connectivity index (χ0n) is 26.3. The number of ether oxygens (including phenoxy) is 3. The highest BCUT2D eigenvalue weighted by Crippen LogP contribution is 2.52. The summed E-state index contributed by atoms with van der Waals surface area (Å²) < 4.78 is 70.0. The molecule has 3 atom stereocenters. The van der Waals surface area contributed by atoms with Crippen molar-refractivity contribution in [1.82, 2.24) is 9.55 Å². The Labute approximate surface area is 257 Å². The summed E-state index contributed by atoms with van der Waals surface area (Å²) in [5.41, 5.74) is -1.06. The smallest absolute Gasteiger partial charge is 0.351 e. The highest BCUT2D eigenvalue weighted by atomic mass is 28.5. The maximum atomic E-state index is 16.3. The van der Waals surface area contributed by atoms with Gasteiger partial charge in [0.15, 0.2) is 11.5 Å². The number of carbonyl (C=O) groups is 1. The van der Waals surface area contributed by atoms with E-state index in [1.54, 1.807) is 6.07 Å². The van der Waals surface area contributed by atoms with Gasteiger partial charge >= 0.3 is 28.7 Å². The molecule has 4 heterocycles. The molecule has 15 heteroatoms. The van der Waals surface area contributed by atoms with Gasteiger partial charge < -0.3 is 32.5 Å². The van der Waals surface area contributed by atoms with Crippen molar-refractivity contribution in [3.8, 4) is 11.5 Å². The van der Waals surface area contributed by atoms with Crippen LogP contribution in [0.3, 0.4) is 0 Å². The van der Waals surface area contributed by atoms with Crippen molar-refractivity contribution in [2.24, 2.45) is 0 Å². The molecule has 0 saturated carbocycles. The fraction of sp³-hybridized carbons (Fsp3) is 0.621. The third kappa shape index (κ3) is 5.51. The first-order valence-electron chi connectivity index (χ1n) is 15.0. The number of halogens is 2. The van der Waals surface area contributed by atoms with Crippen LogP contribution >= 0.6 is 0 Å².